The Morgan fingerprint density at radius 3 is 2.58 bits per heavy atom. The van der Waals surface area contributed by atoms with E-state index < -0.39 is 5.92 Å². The summed E-state index contributed by atoms with van der Waals surface area (Å²) in [5.74, 6) is 0.505. The lowest BCUT2D eigenvalue weighted by Crippen LogP contribution is -2.46. The standard InChI is InChI=1S/C36H42N4O3/c41-35(38-24-27-12-9-19-37-23-27)28-15-16-33-31(22-28)34(30-13-7-8-14-32(30)43-33)36(42)39-29-17-20-40(21-18-29)25-26-10-5-3-1-2-4-6-11-26/h7-10,12-16,19,22-23,29,34H,1-6,11,17-18,20-21,24-25H2,(H,38,41)(H,39,42). The van der Waals surface area contributed by atoms with Gasteiger partial charge in [-0.1, -0.05) is 55.2 Å². The molecule has 224 valence electrons. The average Bonchev–Trinajstić information content (AvgIpc) is 3.17. The number of piperidine rings is 1. The summed E-state index contributed by atoms with van der Waals surface area (Å²) < 4.78 is 6.19. The van der Waals surface area contributed by atoms with Crippen molar-refractivity contribution in [2.45, 2.75) is 76.3 Å². The van der Waals surface area contributed by atoms with Gasteiger partial charge in [0.1, 0.15) is 11.5 Å². The number of ether oxygens (including phenoxy) is 1. The highest BCUT2D eigenvalue weighted by Crippen LogP contribution is 2.44. The normalized spacial score (nSPS) is 19.3. The van der Waals surface area contributed by atoms with Gasteiger partial charge in [0.25, 0.3) is 5.91 Å². The Balaban J connectivity index is 1.12. The zero-order valence-electron chi connectivity index (χ0n) is 24.9. The molecule has 6 rings (SSSR count). The number of allylic oxidation sites excluding steroid dienone is 1. The molecule has 2 amide bonds. The minimum atomic E-state index is -0.548. The number of para-hydroxylation sites is 1. The van der Waals surface area contributed by atoms with Crippen LogP contribution in [0.25, 0.3) is 0 Å². The second-order valence-electron chi connectivity index (χ2n) is 12.1. The summed E-state index contributed by atoms with van der Waals surface area (Å²) >= 11 is 0. The number of pyridine rings is 1. The van der Waals surface area contributed by atoms with Crippen LogP contribution in [0.1, 0.15) is 90.8 Å². The topological polar surface area (TPSA) is 83.6 Å². The molecule has 3 heterocycles. The fraction of sp³-hybridized carbons (Fsp3) is 0.417. The van der Waals surface area contributed by atoms with Crippen molar-refractivity contribution in [3.8, 4) is 11.5 Å². The van der Waals surface area contributed by atoms with Gasteiger partial charge >= 0.3 is 0 Å². The van der Waals surface area contributed by atoms with E-state index in [1.54, 1.807) is 30.1 Å². The third-order valence-electron chi connectivity index (χ3n) is 8.97. The van der Waals surface area contributed by atoms with Crippen LogP contribution in [0.4, 0.5) is 0 Å². The maximum Gasteiger partial charge on any atom is 0.251 e. The third-order valence-corrected chi connectivity index (χ3v) is 8.97. The number of carbonyl (C=O) groups is 2. The smallest absolute Gasteiger partial charge is 0.251 e. The van der Waals surface area contributed by atoms with E-state index in [0.29, 0.717) is 23.6 Å². The maximum atomic E-state index is 14.0. The molecule has 1 unspecified atom stereocenters. The molecule has 0 spiro atoms. The second kappa shape index (κ2) is 14.0. The van der Waals surface area contributed by atoms with Gasteiger partial charge in [-0.25, -0.2) is 0 Å². The van der Waals surface area contributed by atoms with Crippen LogP contribution in [0.3, 0.4) is 0 Å². The minimum absolute atomic E-state index is 0.0395. The van der Waals surface area contributed by atoms with Gasteiger partial charge in [0, 0.05) is 61.3 Å². The van der Waals surface area contributed by atoms with Gasteiger partial charge in [-0.15, -0.1) is 0 Å². The van der Waals surface area contributed by atoms with E-state index in [2.05, 4.69) is 26.6 Å². The van der Waals surface area contributed by atoms with Crippen molar-refractivity contribution in [1.82, 2.24) is 20.5 Å². The number of fused-ring (bicyclic) bond motifs is 2. The van der Waals surface area contributed by atoms with Crippen LogP contribution >= 0.6 is 0 Å². The number of hydrogen-bond acceptors (Lipinski definition) is 5. The highest BCUT2D eigenvalue weighted by molar-refractivity contribution is 5.96. The summed E-state index contributed by atoms with van der Waals surface area (Å²) in [5, 5.41) is 6.34. The van der Waals surface area contributed by atoms with Crippen LogP contribution in [-0.4, -0.2) is 47.4 Å². The van der Waals surface area contributed by atoms with Crippen molar-refractivity contribution in [2.24, 2.45) is 0 Å². The summed E-state index contributed by atoms with van der Waals surface area (Å²) in [6.07, 6.45) is 16.9. The van der Waals surface area contributed by atoms with Crippen molar-refractivity contribution >= 4 is 11.8 Å². The van der Waals surface area contributed by atoms with Crippen LogP contribution in [0.2, 0.25) is 0 Å². The number of rotatable bonds is 7. The lowest BCUT2D eigenvalue weighted by Gasteiger charge is -2.34. The molecule has 7 nitrogen and oxygen atoms in total. The second-order valence-corrected chi connectivity index (χ2v) is 12.1. The minimum Gasteiger partial charge on any atom is -0.457 e. The van der Waals surface area contributed by atoms with Gasteiger partial charge in [0.15, 0.2) is 0 Å². The van der Waals surface area contributed by atoms with Gasteiger partial charge in [-0.3, -0.25) is 19.5 Å². The number of aromatic nitrogens is 1. The molecule has 2 N–H and O–H groups in total. The van der Waals surface area contributed by atoms with E-state index in [0.717, 1.165) is 49.2 Å². The SMILES string of the molecule is O=C(NCc1cccnc1)c1ccc2c(c1)C(C(=O)NC1CCN(CC3=CCCCCCCC3)CC1)c1ccccc1O2. The van der Waals surface area contributed by atoms with Crippen molar-refractivity contribution < 1.29 is 14.3 Å². The Kier molecular flexibility index (Phi) is 9.48. The molecule has 3 aliphatic rings. The molecular formula is C36H42N4O3. The number of likely N-dealkylation sites (tertiary alicyclic amines) is 1. The van der Waals surface area contributed by atoms with Gasteiger partial charge in [0.2, 0.25) is 5.91 Å². The molecule has 1 aliphatic carbocycles. The van der Waals surface area contributed by atoms with Crippen LogP contribution < -0.4 is 15.4 Å². The molecule has 0 saturated carbocycles. The molecule has 3 aromatic rings. The molecule has 1 fully saturated rings. The predicted molar refractivity (Wildman–Crippen MR) is 168 cm³/mol. The highest BCUT2D eigenvalue weighted by Gasteiger charge is 2.35. The van der Waals surface area contributed by atoms with E-state index in [4.69, 9.17) is 4.74 Å². The Bertz CT molecular complexity index is 1450. The molecule has 1 saturated heterocycles. The van der Waals surface area contributed by atoms with Gasteiger partial charge in [0.05, 0.1) is 5.92 Å². The van der Waals surface area contributed by atoms with E-state index in [-0.39, 0.29) is 17.9 Å². The molecule has 2 aliphatic heterocycles. The van der Waals surface area contributed by atoms with Crippen molar-refractivity contribution in [3.05, 3.63) is 101 Å². The Morgan fingerprint density at radius 1 is 0.907 bits per heavy atom. The van der Waals surface area contributed by atoms with Gasteiger partial charge < -0.3 is 15.4 Å². The molecule has 0 radical (unpaired) electrons. The third kappa shape index (κ3) is 7.34. The van der Waals surface area contributed by atoms with Gasteiger partial charge in [-0.05, 0) is 74.4 Å². The molecule has 1 atom stereocenters. The molecule has 1 aromatic heterocycles. The quantitative estimate of drug-likeness (QED) is 0.313. The Morgan fingerprint density at radius 2 is 1.72 bits per heavy atom. The number of nitrogens with one attached hydrogen (secondary N) is 2. The van der Waals surface area contributed by atoms with Crippen LogP contribution in [-0.2, 0) is 11.3 Å². The first kappa shape index (κ1) is 29.1. The summed E-state index contributed by atoms with van der Waals surface area (Å²) in [4.78, 5) is 33.7. The Labute approximate surface area is 254 Å². The van der Waals surface area contributed by atoms with Gasteiger partial charge in [-0.2, -0.15) is 0 Å². The van der Waals surface area contributed by atoms with Crippen molar-refractivity contribution in [2.75, 3.05) is 19.6 Å². The van der Waals surface area contributed by atoms with Crippen molar-refractivity contribution in [1.29, 1.82) is 0 Å². The number of benzene rings is 2. The zero-order valence-corrected chi connectivity index (χ0v) is 24.9. The van der Waals surface area contributed by atoms with E-state index >= 15 is 0 Å². The number of amides is 2. The number of nitrogens with zero attached hydrogens (tertiary/aromatic N) is 2. The molecule has 7 heteroatoms. The first-order valence-electron chi connectivity index (χ1n) is 15.9. The largest absolute Gasteiger partial charge is 0.457 e. The molecular weight excluding hydrogens is 536 g/mol. The monoisotopic (exact) mass is 578 g/mol. The predicted octanol–water partition coefficient (Wildman–Crippen LogP) is 6.50. The fourth-order valence-electron chi connectivity index (χ4n) is 6.56. The summed E-state index contributed by atoms with van der Waals surface area (Å²) in [5.41, 5.74) is 4.56. The number of hydrogen-bond donors (Lipinski definition) is 2. The summed E-state index contributed by atoms with van der Waals surface area (Å²) in [6.45, 7) is 3.42. The molecule has 43 heavy (non-hydrogen) atoms. The van der Waals surface area contributed by atoms with E-state index in [9.17, 15) is 9.59 Å². The molecule has 2 aromatic carbocycles. The van der Waals surface area contributed by atoms with E-state index in [1.165, 1.54) is 44.9 Å². The Hall–Kier alpha value is -3.97. The highest BCUT2D eigenvalue weighted by atomic mass is 16.5. The lowest BCUT2D eigenvalue weighted by molar-refractivity contribution is -0.122. The van der Waals surface area contributed by atoms with Crippen LogP contribution in [0, 0.1) is 0 Å². The first-order valence-corrected chi connectivity index (χ1v) is 15.9. The number of carbonyl (C=O) groups excluding carboxylic acids is 2. The lowest BCUT2D eigenvalue weighted by atomic mass is 9.85. The average molecular weight is 579 g/mol. The maximum absolute atomic E-state index is 14.0. The van der Waals surface area contributed by atoms with Crippen LogP contribution in [0.15, 0.2) is 78.6 Å². The first-order chi connectivity index (χ1) is 21.1. The van der Waals surface area contributed by atoms with E-state index in [1.807, 2.05) is 42.5 Å². The van der Waals surface area contributed by atoms with Crippen molar-refractivity contribution in [3.63, 3.8) is 0 Å². The fourth-order valence-corrected chi connectivity index (χ4v) is 6.56. The summed E-state index contributed by atoms with van der Waals surface area (Å²) in [7, 11) is 0. The zero-order chi connectivity index (χ0) is 29.4. The molecule has 0 bridgehead atoms. The van der Waals surface area contributed by atoms with Crippen LogP contribution in [0.5, 0.6) is 11.5 Å². The summed E-state index contributed by atoms with van der Waals surface area (Å²) in [6, 6.07) is 17.0.